The summed E-state index contributed by atoms with van der Waals surface area (Å²) in [6.45, 7) is 3.13. The van der Waals surface area contributed by atoms with Gasteiger partial charge in [0.05, 0.1) is 10.6 Å². The first-order chi connectivity index (χ1) is 12.8. The molecule has 0 saturated carbocycles. The molecule has 0 spiro atoms. The maximum absolute atomic E-state index is 12.3. The van der Waals surface area contributed by atoms with Crippen LogP contribution in [0.15, 0.2) is 42.5 Å². The Morgan fingerprint density at radius 3 is 2.33 bits per heavy atom. The molecule has 2 aromatic carbocycles. The van der Waals surface area contributed by atoms with E-state index in [1.165, 1.54) is 25.1 Å². The van der Waals surface area contributed by atoms with Gasteiger partial charge < -0.3 is 10.1 Å². The third-order valence-corrected chi connectivity index (χ3v) is 4.44. The molecule has 5 nitrogen and oxygen atoms in total. The van der Waals surface area contributed by atoms with Crippen LogP contribution in [-0.4, -0.2) is 30.3 Å². The van der Waals surface area contributed by atoms with Crippen molar-refractivity contribution in [3.63, 3.8) is 0 Å². The highest BCUT2D eigenvalue weighted by molar-refractivity contribution is 6.36. The van der Waals surface area contributed by atoms with Crippen LogP contribution in [0.5, 0.6) is 0 Å². The summed E-state index contributed by atoms with van der Waals surface area (Å²) in [7, 11) is 0. The molecule has 0 unspecified atom stereocenters. The molecular formula is C20H19Cl2NO4. The van der Waals surface area contributed by atoms with E-state index in [0.717, 1.165) is 12.0 Å². The summed E-state index contributed by atoms with van der Waals surface area (Å²) >= 11 is 11.7. The van der Waals surface area contributed by atoms with Crippen LogP contribution in [0.25, 0.3) is 0 Å². The Morgan fingerprint density at radius 2 is 1.74 bits per heavy atom. The van der Waals surface area contributed by atoms with Crippen molar-refractivity contribution in [2.45, 2.75) is 26.4 Å². The van der Waals surface area contributed by atoms with Gasteiger partial charge in [0.15, 0.2) is 6.10 Å². The summed E-state index contributed by atoms with van der Waals surface area (Å²) in [4.78, 5) is 36.3. The van der Waals surface area contributed by atoms with Crippen molar-refractivity contribution in [1.82, 2.24) is 5.32 Å². The van der Waals surface area contributed by atoms with Crippen LogP contribution < -0.4 is 5.32 Å². The molecule has 0 aromatic heterocycles. The number of halogens is 2. The van der Waals surface area contributed by atoms with Crippen molar-refractivity contribution in [3.8, 4) is 0 Å². The van der Waals surface area contributed by atoms with E-state index in [4.69, 9.17) is 27.9 Å². The molecule has 1 atom stereocenters. The number of aryl methyl sites for hydroxylation is 1. The monoisotopic (exact) mass is 407 g/mol. The van der Waals surface area contributed by atoms with Crippen LogP contribution in [0, 0.1) is 0 Å². The lowest BCUT2D eigenvalue weighted by atomic mass is 10.0. The SMILES string of the molecule is CCc1ccc(C(=O)[C@H](C)OC(=O)CNC(=O)c2ccc(Cl)cc2Cl)cc1. The number of carbonyl (C=O) groups excluding carboxylic acids is 3. The topological polar surface area (TPSA) is 72.5 Å². The van der Waals surface area contributed by atoms with E-state index in [-0.39, 0.29) is 22.9 Å². The van der Waals surface area contributed by atoms with Gasteiger partial charge >= 0.3 is 5.97 Å². The number of nitrogens with one attached hydrogen (secondary N) is 1. The number of carbonyl (C=O) groups is 3. The number of rotatable bonds is 7. The van der Waals surface area contributed by atoms with Gasteiger partial charge in [-0.1, -0.05) is 54.4 Å². The summed E-state index contributed by atoms with van der Waals surface area (Å²) in [5.74, 6) is -1.57. The molecule has 7 heteroatoms. The minimum Gasteiger partial charge on any atom is -0.453 e. The highest BCUT2D eigenvalue weighted by Crippen LogP contribution is 2.20. The zero-order valence-electron chi connectivity index (χ0n) is 14.9. The smallest absolute Gasteiger partial charge is 0.326 e. The summed E-state index contributed by atoms with van der Waals surface area (Å²) in [6, 6.07) is 11.5. The lowest BCUT2D eigenvalue weighted by molar-refractivity contribution is -0.145. The van der Waals surface area contributed by atoms with Crippen molar-refractivity contribution in [1.29, 1.82) is 0 Å². The van der Waals surface area contributed by atoms with Crippen LogP contribution in [-0.2, 0) is 16.0 Å². The maximum Gasteiger partial charge on any atom is 0.326 e. The molecule has 27 heavy (non-hydrogen) atoms. The van der Waals surface area contributed by atoms with E-state index in [1.54, 1.807) is 12.1 Å². The average Bonchev–Trinajstić information content (AvgIpc) is 2.65. The van der Waals surface area contributed by atoms with Gasteiger partial charge in [-0.2, -0.15) is 0 Å². The largest absolute Gasteiger partial charge is 0.453 e. The van der Waals surface area contributed by atoms with E-state index in [9.17, 15) is 14.4 Å². The Hall–Kier alpha value is -2.37. The molecule has 0 bridgehead atoms. The molecule has 0 aliphatic carbocycles. The number of esters is 1. The highest BCUT2D eigenvalue weighted by atomic mass is 35.5. The predicted molar refractivity (Wildman–Crippen MR) is 104 cm³/mol. The van der Waals surface area contributed by atoms with E-state index in [1.807, 2.05) is 19.1 Å². The van der Waals surface area contributed by atoms with Gasteiger partial charge in [-0.15, -0.1) is 0 Å². The number of ether oxygens (including phenoxy) is 1. The molecule has 142 valence electrons. The fraction of sp³-hybridized carbons (Fsp3) is 0.250. The fourth-order valence-corrected chi connectivity index (χ4v) is 2.85. The van der Waals surface area contributed by atoms with Gasteiger partial charge in [0.1, 0.15) is 6.54 Å². The van der Waals surface area contributed by atoms with E-state index < -0.39 is 18.0 Å². The molecule has 1 amide bonds. The number of hydrogen-bond donors (Lipinski definition) is 1. The van der Waals surface area contributed by atoms with Crippen molar-refractivity contribution in [3.05, 3.63) is 69.2 Å². The second kappa shape index (κ2) is 9.53. The van der Waals surface area contributed by atoms with Gasteiger partial charge in [0.2, 0.25) is 5.78 Å². The minimum atomic E-state index is -0.957. The highest BCUT2D eigenvalue weighted by Gasteiger charge is 2.20. The van der Waals surface area contributed by atoms with E-state index >= 15 is 0 Å². The zero-order valence-corrected chi connectivity index (χ0v) is 16.4. The van der Waals surface area contributed by atoms with Gasteiger partial charge in [-0.25, -0.2) is 0 Å². The van der Waals surface area contributed by atoms with E-state index in [2.05, 4.69) is 5.32 Å². The Labute approximate surface area is 167 Å². The van der Waals surface area contributed by atoms with Crippen molar-refractivity contribution in [2.75, 3.05) is 6.54 Å². The summed E-state index contributed by atoms with van der Waals surface area (Å²) in [5.41, 5.74) is 1.76. The molecule has 2 aromatic rings. The number of amides is 1. The summed E-state index contributed by atoms with van der Waals surface area (Å²) in [6.07, 6.45) is -0.0860. The van der Waals surface area contributed by atoms with Crippen molar-refractivity contribution < 1.29 is 19.1 Å². The number of benzene rings is 2. The first-order valence-corrected chi connectivity index (χ1v) is 9.13. The number of Topliss-reactive ketones (excluding diaryl/α,β-unsaturated/α-hetero) is 1. The first-order valence-electron chi connectivity index (χ1n) is 8.37. The third-order valence-electron chi connectivity index (χ3n) is 3.89. The predicted octanol–water partition coefficient (Wildman–Crippen LogP) is 4.10. The average molecular weight is 408 g/mol. The van der Waals surface area contributed by atoms with Crippen LogP contribution in [0.4, 0.5) is 0 Å². The molecule has 0 aliphatic heterocycles. The van der Waals surface area contributed by atoms with Crippen molar-refractivity contribution >= 4 is 40.9 Å². The Bertz CT molecular complexity index is 850. The lowest BCUT2D eigenvalue weighted by Gasteiger charge is -2.13. The summed E-state index contributed by atoms with van der Waals surface area (Å²) < 4.78 is 5.10. The molecular weight excluding hydrogens is 389 g/mol. The van der Waals surface area contributed by atoms with Crippen LogP contribution in [0.3, 0.4) is 0 Å². The molecule has 2 rings (SSSR count). The number of hydrogen-bond acceptors (Lipinski definition) is 4. The minimum absolute atomic E-state index is 0.174. The van der Waals surface area contributed by atoms with Crippen molar-refractivity contribution in [2.24, 2.45) is 0 Å². The first kappa shape index (κ1) is 20.9. The maximum atomic E-state index is 12.3. The number of ketones is 1. The molecule has 0 heterocycles. The zero-order chi connectivity index (χ0) is 20.0. The summed E-state index contributed by atoms with van der Waals surface area (Å²) in [5, 5.41) is 2.98. The van der Waals surface area contributed by atoms with E-state index in [0.29, 0.717) is 10.6 Å². The third kappa shape index (κ3) is 5.81. The molecule has 0 aliphatic rings. The molecule has 0 saturated heterocycles. The van der Waals surface area contributed by atoms with Gasteiger partial charge in [-0.3, -0.25) is 14.4 Å². The standard InChI is InChI=1S/C20H19Cl2NO4/c1-3-13-4-6-14(7-5-13)19(25)12(2)27-18(24)11-23-20(26)16-9-8-15(21)10-17(16)22/h4-10,12H,3,11H2,1-2H3,(H,23,26)/t12-/m0/s1. The molecule has 0 radical (unpaired) electrons. The van der Waals surface area contributed by atoms with Gasteiger partial charge in [0, 0.05) is 10.6 Å². The van der Waals surface area contributed by atoms with Gasteiger partial charge in [0.25, 0.3) is 5.91 Å². The second-order valence-corrected chi connectivity index (χ2v) is 6.70. The Balaban J connectivity index is 1.88. The Morgan fingerprint density at radius 1 is 1.07 bits per heavy atom. The van der Waals surface area contributed by atoms with Crippen LogP contribution in [0.2, 0.25) is 10.0 Å². The molecule has 0 fully saturated rings. The normalized spacial score (nSPS) is 11.6. The molecule has 1 N–H and O–H groups in total. The second-order valence-electron chi connectivity index (χ2n) is 5.85. The van der Waals surface area contributed by atoms with Gasteiger partial charge in [-0.05, 0) is 37.1 Å². The lowest BCUT2D eigenvalue weighted by Crippen LogP contribution is -2.34. The van der Waals surface area contributed by atoms with Crippen LogP contribution >= 0.6 is 23.2 Å². The van der Waals surface area contributed by atoms with Crippen LogP contribution in [0.1, 0.15) is 40.1 Å². The fourth-order valence-electron chi connectivity index (χ4n) is 2.35. The Kier molecular flexibility index (Phi) is 7.39. The quantitative estimate of drug-likeness (QED) is 0.553.